The highest BCUT2D eigenvalue weighted by atomic mass is 15.2. The second-order valence-electron chi connectivity index (χ2n) is 7.86. The zero-order valence-electron chi connectivity index (χ0n) is 11.8. The highest BCUT2D eigenvalue weighted by Gasteiger charge is 2.61. The lowest BCUT2D eigenvalue weighted by Gasteiger charge is -2.47. The molecule has 2 saturated carbocycles. The molecule has 0 aromatic rings. The molecule has 3 fully saturated rings. The van der Waals surface area contributed by atoms with Crippen LogP contribution in [0.2, 0.25) is 0 Å². The summed E-state index contributed by atoms with van der Waals surface area (Å²) in [6.07, 6.45) is 8.34. The van der Waals surface area contributed by atoms with Crippen molar-refractivity contribution in [3.05, 3.63) is 0 Å². The quantitative estimate of drug-likeness (QED) is 0.701. The molecule has 2 aliphatic carbocycles. The molecule has 0 amide bonds. The van der Waals surface area contributed by atoms with E-state index in [0.717, 1.165) is 0 Å². The molecule has 0 bridgehead atoms. The van der Waals surface area contributed by atoms with E-state index in [2.05, 4.69) is 25.7 Å². The lowest BCUT2D eigenvalue weighted by Crippen LogP contribution is -2.53. The SMILES string of the molecule is CC(C)(C)N1CCC2(CC1)CCC1(CC1)[C@H]2N. The van der Waals surface area contributed by atoms with Gasteiger partial charge in [-0.15, -0.1) is 0 Å². The molecule has 0 radical (unpaired) electrons. The Hall–Kier alpha value is -0.0800. The first-order chi connectivity index (χ1) is 7.88. The average Bonchev–Trinajstić information content (AvgIpc) is 3.01. The number of nitrogens with two attached hydrogens (primary N) is 1. The molecule has 1 atom stereocenters. The number of piperidine rings is 1. The summed E-state index contributed by atoms with van der Waals surface area (Å²) in [4.78, 5) is 2.64. The summed E-state index contributed by atoms with van der Waals surface area (Å²) in [5.41, 5.74) is 8.07. The Bertz CT molecular complexity index is 303. The minimum Gasteiger partial charge on any atom is -0.327 e. The molecule has 17 heavy (non-hydrogen) atoms. The number of nitrogens with zero attached hydrogens (tertiary/aromatic N) is 1. The van der Waals surface area contributed by atoms with E-state index >= 15 is 0 Å². The van der Waals surface area contributed by atoms with Gasteiger partial charge in [-0.2, -0.15) is 0 Å². The van der Waals surface area contributed by atoms with E-state index in [-0.39, 0.29) is 0 Å². The van der Waals surface area contributed by atoms with Gasteiger partial charge in [0, 0.05) is 11.6 Å². The van der Waals surface area contributed by atoms with Crippen LogP contribution in [0.3, 0.4) is 0 Å². The second-order valence-corrected chi connectivity index (χ2v) is 7.86. The molecule has 2 heteroatoms. The van der Waals surface area contributed by atoms with Crippen LogP contribution in [-0.2, 0) is 0 Å². The Morgan fingerprint density at radius 2 is 1.29 bits per heavy atom. The lowest BCUT2D eigenvalue weighted by atomic mass is 9.72. The van der Waals surface area contributed by atoms with Gasteiger partial charge in [-0.1, -0.05) is 0 Å². The fourth-order valence-corrected chi connectivity index (χ4v) is 4.36. The Balaban J connectivity index is 1.69. The molecule has 1 heterocycles. The molecule has 1 saturated heterocycles. The van der Waals surface area contributed by atoms with Crippen molar-refractivity contribution in [2.75, 3.05) is 13.1 Å². The van der Waals surface area contributed by atoms with Crippen LogP contribution in [0, 0.1) is 10.8 Å². The van der Waals surface area contributed by atoms with Crippen LogP contribution in [-0.4, -0.2) is 29.6 Å². The monoisotopic (exact) mass is 236 g/mol. The highest BCUT2D eigenvalue weighted by molar-refractivity contribution is 5.15. The van der Waals surface area contributed by atoms with Gasteiger partial charge in [0.05, 0.1) is 0 Å². The molecule has 1 aliphatic heterocycles. The molecular formula is C15H28N2. The van der Waals surface area contributed by atoms with Crippen molar-refractivity contribution < 1.29 is 0 Å². The molecule has 0 aromatic carbocycles. The first-order valence-electron chi connectivity index (χ1n) is 7.39. The third-order valence-corrected chi connectivity index (χ3v) is 6.04. The maximum Gasteiger partial charge on any atom is 0.0153 e. The van der Waals surface area contributed by atoms with E-state index in [4.69, 9.17) is 5.73 Å². The molecule has 0 unspecified atom stereocenters. The van der Waals surface area contributed by atoms with E-state index in [1.54, 1.807) is 0 Å². The van der Waals surface area contributed by atoms with Crippen LogP contribution in [0.5, 0.6) is 0 Å². The Labute approximate surface area is 106 Å². The van der Waals surface area contributed by atoms with Gasteiger partial charge < -0.3 is 5.73 Å². The number of hydrogen-bond acceptors (Lipinski definition) is 2. The fraction of sp³-hybridized carbons (Fsp3) is 1.00. The van der Waals surface area contributed by atoms with Crippen LogP contribution in [0.25, 0.3) is 0 Å². The standard InChI is InChI=1S/C15H28N2/c1-13(2,3)17-10-8-15(9-11-17)7-6-14(4-5-14)12(15)16/h12H,4-11,16H2,1-3H3/t12-/m1/s1. The summed E-state index contributed by atoms with van der Waals surface area (Å²) in [6, 6.07) is 0.511. The minimum atomic E-state index is 0.335. The van der Waals surface area contributed by atoms with Crippen LogP contribution in [0.1, 0.15) is 59.3 Å². The van der Waals surface area contributed by atoms with Crippen LogP contribution < -0.4 is 5.73 Å². The Kier molecular flexibility index (Phi) is 2.45. The molecule has 3 rings (SSSR count). The Morgan fingerprint density at radius 1 is 0.882 bits per heavy atom. The summed E-state index contributed by atoms with van der Waals surface area (Å²) < 4.78 is 0. The molecule has 2 N–H and O–H groups in total. The van der Waals surface area contributed by atoms with Crippen molar-refractivity contribution in [2.45, 2.75) is 70.9 Å². The van der Waals surface area contributed by atoms with Gasteiger partial charge in [0.2, 0.25) is 0 Å². The van der Waals surface area contributed by atoms with Gasteiger partial charge in [-0.3, -0.25) is 4.90 Å². The first kappa shape index (κ1) is 12.0. The van der Waals surface area contributed by atoms with E-state index in [9.17, 15) is 0 Å². The highest BCUT2D eigenvalue weighted by Crippen LogP contribution is 2.65. The predicted molar refractivity (Wildman–Crippen MR) is 71.9 cm³/mol. The molecule has 3 aliphatic rings. The molecule has 98 valence electrons. The van der Waals surface area contributed by atoms with Crippen LogP contribution in [0.15, 0.2) is 0 Å². The van der Waals surface area contributed by atoms with Crippen molar-refractivity contribution in [1.29, 1.82) is 0 Å². The van der Waals surface area contributed by atoms with E-state index < -0.39 is 0 Å². The zero-order chi connectivity index (χ0) is 12.3. The third-order valence-electron chi connectivity index (χ3n) is 6.04. The predicted octanol–water partition coefficient (Wildman–Crippen LogP) is 2.77. The smallest absolute Gasteiger partial charge is 0.0153 e. The van der Waals surface area contributed by atoms with Gasteiger partial charge in [0.15, 0.2) is 0 Å². The van der Waals surface area contributed by atoms with E-state index in [1.165, 1.54) is 51.6 Å². The maximum atomic E-state index is 6.62. The van der Waals surface area contributed by atoms with Crippen LogP contribution >= 0.6 is 0 Å². The molecule has 2 nitrogen and oxygen atoms in total. The van der Waals surface area contributed by atoms with Crippen LogP contribution in [0.4, 0.5) is 0 Å². The summed E-state index contributed by atoms with van der Waals surface area (Å²) in [7, 11) is 0. The van der Waals surface area contributed by atoms with Crippen molar-refractivity contribution in [3.8, 4) is 0 Å². The first-order valence-corrected chi connectivity index (χ1v) is 7.39. The van der Waals surface area contributed by atoms with Crippen molar-refractivity contribution in [1.82, 2.24) is 4.90 Å². The fourth-order valence-electron chi connectivity index (χ4n) is 4.36. The van der Waals surface area contributed by atoms with Crippen molar-refractivity contribution >= 4 is 0 Å². The summed E-state index contributed by atoms with van der Waals surface area (Å²) in [6.45, 7) is 9.52. The Morgan fingerprint density at radius 3 is 1.71 bits per heavy atom. The van der Waals surface area contributed by atoms with Crippen molar-refractivity contribution in [2.24, 2.45) is 16.6 Å². The normalized spacial score (nSPS) is 35.6. The second kappa shape index (κ2) is 3.48. The maximum absolute atomic E-state index is 6.62. The summed E-state index contributed by atoms with van der Waals surface area (Å²) in [5, 5.41) is 0. The topological polar surface area (TPSA) is 29.3 Å². The molecule has 2 spiro atoms. The van der Waals surface area contributed by atoms with E-state index in [0.29, 0.717) is 22.4 Å². The minimum absolute atomic E-state index is 0.335. The van der Waals surface area contributed by atoms with Crippen molar-refractivity contribution in [3.63, 3.8) is 0 Å². The lowest BCUT2D eigenvalue weighted by molar-refractivity contribution is 0.0337. The molecule has 0 aromatic heterocycles. The largest absolute Gasteiger partial charge is 0.327 e. The van der Waals surface area contributed by atoms with Gasteiger partial charge in [-0.05, 0) is 83.2 Å². The van der Waals surface area contributed by atoms with Gasteiger partial charge in [-0.25, -0.2) is 0 Å². The number of rotatable bonds is 0. The van der Waals surface area contributed by atoms with Gasteiger partial charge >= 0.3 is 0 Å². The number of likely N-dealkylation sites (tertiary alicyclic amines) is 1. The van der Waals surface area contributed by atoms with Gasteiger partial charge in [0.25, 0.3) is 0 Å². The summed E-state index contributed by atoms with van der Waals surface area (Å²) >= 11 is 0. The number of hydrogen-bond donors (Lipinski definition) is 1. The average molecular weight is 236 g/mol. The third kappa shape index (κ3) is 1.76. The molecular weight excluding hydrogens is 208 g/mol. The summed E-state index contributed by atoms with van der Waals surface area (Å²) in [5.74, 6) is 0. The zero-order valence-corrected chi connectivity index (χ0v) is 11.8. The van der Waals surface area contributed by atoms with E-state index in [1.807, 2.05) is 0 Å². The van der Waals surface area contributed by atoms with Gasteiger partial charge in [0.1, 0.15) is 0 Å².